The summed E-state index contributed by atoms with van der Waals surface area (Å²) in [5.74, 6) is 0.769. The molecule has 1 aromatic heterocycles. The molecule has 8 heteroatoms. The van der Waals surface area contributed by atoms with E-state index in [9.17, 15) is 4.79 Å². The Kier molecular flexibility index (Phi) is 6.81. The van der Waals surface area contributed by atoms with Crippen molar-refractivity contribution in [2.24, 2.45) is 0 Å². The quantitative estimate of drug-likeness (QED) is 0.583. The zero-order chi connectivity index (χ0) is 24.2. The van der Waals surface area contributed by atoms with Gasteiger partial charge in [0.05, 0.1) is 13.2 Å². The molecule has 35 heavy (non-hydrogen) atoms. The monoisotopic (exact) mass is 472 g/mol. The first-order valence-electron chi connectivity index (χ1n) is 12.3. The third kappa shape index (κ3) is 5.07. The molecule has 1 fully saturated rings. The van der Waals surface area contributed by atoms with Crippen LogP contribution in [0.3, 0.4) is 0 Å². The summed E-state index contributed by atoms with van der Waals surface area (Å²) in [4.78, 5) is 25.6. The molecule has 0 spiro atoms. The van der Waals surface area contributed by atoms with Crippen LogP contribution >= 0.6 is 0 Å². The lowest BCUT2D eigenvalue weighted by Crippen LogP contribution is -2.45. The molecule has 2 amide bonds. The van der Waals surface area contributed by atoms with Crippen molar-refractivity contribution in [3.63, 3.8) is 0 Å². The Morgan fingerprint density at radius 1 is 1.11 bits per heavy atom. The molecule has 0 radical (unpaired) electrons. The normalized spacial score (nSPS) is 17.6. The van der Waals surface area contributed by atoms with Gasteiger partial charge in [-0.1, -0.05) is 12.1 Å². The first-order valence-corrected chi connectivity index (χ1v) is 12.3. The number of hydrogen-bond donors (Lipinski definition) is 2. The number of fused-ring (bicyclic) bond motifs is 1. The average Bonchev–Trinajstić information content (AvgIpc) is 2.89. The predicted octanol–water partition coefficient (Wildman–Crippen LogP) is 4.07. The van der Waals surface area contributed by atoms with Crippen LogP contribution in [-0.4, -0.2) is 54.9 Å². The molecule has 0 bridgehead atoms. The Balaban J connectivity index is 1.49. The summed E-state index contributed by atoms with van der Waals surface area (Å²) in [5, 5.41) is 5.63. The molecule has 3 heterocycles. The molecule has 2 aliphatic rings. The van der Waals surface area contributed by atoms with E-state index in [0.717, 1.165) is 62.0 Å². The Labute approximate surface area is 206 Å². The summed E-state index contributed by atoms with van der Waals surface area (Å²) < 4.78 is 5.72. The van der Waals surface area contributed by atoms with Crippen LogP contribution in [0.2, 0.25) is 0 Å². The lowest BCUT2D eigenvalue weighted by atomic mass is 9.91. The maximum Gasteiger partial charge on any atom is 0.319 e. The fourth-order valence-electron chi connectivity index (χ4n) is 4.89. The smallest absolute Gasteiger partial charge is 0.319 e. The standard InChI is InChI=1S/C27H32N6O2/c1-3-28-27(34)31-23-7-5-20(6-8-23)21-15-22-17-32(26-29-10-4-11-30-26)12-9-24(22)25(16-21)33-13-14-35-18-19(33)2/h4-8,10-11,15-16,19H,3,9,12-14,17-18H2,1-2H3,(H2,28,31,34)/t19-/m0/s1. The van der Waals surface area contributed by atoms with Crippen LogP contribution in [-0.2, 0) is 17.7 Å². The van der Waals surface area contributed by atoms with Crippen molar-refractivity contribution in [1.29, 1.82) is 0 Å². The number of carbonyl (C=O) groups is 1. The van der Waals surface area contributed by atoms with Gasteiger partial charge in [-0.3, -0.25) is 0 Å². The Bertz CT molecular complexity index is 1170. The highest BCUT2D eigenvalue weighted by Crippen LogP contribution is 2.37. The molecule has 0 saturated carbocycles. The van der Waals surface area contributed by atoms with Gasteiger partial charge in [-0.25, -0.2) is 14.8 Å². The van der Waals surface area contributed by atoms with E-state index in [0.29, 0.717) is 12.6 Å². The molecule has 8 nitrogen and oxygen atoms in total. The van der Waals surface area contributed by atoms with Crippen molar-refractivity contribution >= 4 is 23.4 Å². The topological polar surface area (TPSA) is 82.6 Å². The minimum atomic E-state index is -0.194. The third-order valence-corrected chi connectivity index (χ3v) is 6.64. The third-order valence-electron chi connectivity index (χ3n) is 6.64. The maximum atomic E-state index is 11.9. The highest BCUT2D eigenvalue weighted by Gasteiger charge is 2.27. The number of nitrogens with zero attached hydrogens (tertiary/aromatic N) is 4. The number of aromatic nitrogens is 2. The second kappa shape index (κ2) is 10.3. The maximum absolute atomic E-state index is 11.9. The van der Waals surface area contributed by atoms with Gasteiger partial charge in [0.15, 0.2) is 0 Å². The number of ether oxygens (including phenoxy) is 1. The Morgan fingerprint density at radius 2 is 1.91 bits per heavy atom. The number of carbonyl (C=O) groups excluding carboxylic acids is 1. The van der Waals surface area contributed by atoms with Gasteiger partial charge in [-0.2, -0.15) is 0 Å². The number of urea groups is 1. The second-order valence-corrected chi connectivity index (χ2v) is 9.03. The lowest BCUT2D eigenvalue weighted by Gasteiger charge is -2.39. The fraction of sp³-hybridized carbons (Fsp3) is 0.370. The van der Waals surface area contributed by atoms with E-state index in [1.807, 2.05) is 25.1 Å². The molecule has 182 valence electrons. The molecule has 0 aliphatic carbocycles. The van der Waals surface area contributed by atoms with Crippen LogP contribution in [0.25, 0.3) is 11.1 Å². The van der Waals surface area contributed by atoms with Gasteiger partial charge in [0.2, 0.25) is 5.95 Å². The van der Waals surface area contributed by atoms with E-state index < -0.39 is 0 Å². The van der Waals surface area contributed by atoms with Crippen LogP contribution in [0, 0.1) is 0 Å². The summed E-state index contributed by atoms with van der Waals surface area (Å²) in [6.07, 6.45) is 4.54. The molecular formula is C27H32N6O2. The zero-order valence-corrected chi connectivity index (χ0v) is 20.3. The van der Waals surface area contributed by atoms with Gasteiger partial charge < -0.3 is 25.2 Å². The van der Waals surface area contributed by atoms with Crippen molar-refractivity contribution in [1.82, 2.24) is 15.3 Å². The van der Waals surface area contributed by atoms with Crippen molar-refractivity contribution in [2.45, 2.75) is 32.9 Å². The van der Waals surface area contributed by atoms with E-state index >= 15 is 0 Å². The number of amides is 2. The van der Waals surface area contributed by atoms with Crippen LogP contribution in [0.5, 0.6) is 0 Å². The van der Waals surface area contributed by atoms with E-state index in [-0.39, 0.29) is 6.03 Å². The summed E-state index contributed by atoms with van der Waals surface area (Å²) in [6, 6.07) is 14.6. The summed E-state index contributed by atoms with van der Waals surface area (Å²) in [6.45, 7) is 8.75. The molecule has 2 N–H and O–H groups in total. The first-order chi connectivity index (χ1) is 17.1. The van der Waals surface area contributed by atoms with Crippen molar-refractivity contribution in [3.8, 4) is 11.1 Å². The van der Waals surface area contributed by atoms with E-state index in [2.05, 4.69) is 61.6 Å². The van der Waals surface area contributed by atoms with Crippen molar-refractivity contribution < 1.29 is 9.53 Å². The molecule has 3 aromatic rings. The number of anilines is 3. The van der Waals surface area contributed by atoms with Crippen LogP contribution < -0.4 is 20.4 Å². The van der Waals surface area contributed by atoms with Crippen molar-refractivity contribution in [2.75, 3.05) is 48.0 Å². The molecule has 2 aromatic carbocycles. The molecule has 1 atom stereocenters. The molecule has 5 rings (SSSR count). The van der Waals surface area contributed by atoms with Gasteiger partial charge in [0.25, 0.3) is 0 Å². The Hall–Kier alpha value is -3.65. The summed E-state index contributed by atoms with van der Waals surface area (Å²) in [7, 11) is 0. The number of nitrogens with one attached hydrogen (secondary N) is 2. The molecule has 1 saturated heterocycles. The number of hydrogen-bond acceptors (Lipinski definition) is 6. The van der Waals surface area contributed by atoms with Crippen molar-refractivity contribution in [3.05, 3.63) is 66.0 Å². The molecular weight excluding hydrogens is 440 g/mol. The van der Waals surface area contributed by atoms with E-state index in [1.165, 1.54) is 16.8 Å². The van der Waals surface area contributed by atoms with Crippen LogP contribution in [0.4, 0.5) is 22.1 Å². The number of benzene rings is 2. The van der Waals surface area contributed by atoms with Crippen LogP contribution in [0.15, 0.2) is 54.9 Å². The van der Waals surface area contributed by atoms with Gasteiger partial charge in [-0.05, 0) is 72.9 Å². The zero-order valence-electron chi connectivity index (χ0n) is 20.3. The highest BCUT2D eigenvalue weighted by molar-refractivity contribution is 5.89. The second-order valence-electron chi connectivity index (χ2n) is 9.03. The molecule has 2 aliphatic heterocycles. The predicted molar refractivity (Wildman–Crippen MR) is 139 cm³/mol. The summed E-state index contributed by atoms with van der Waals surface area (Å²) in [5.41, 5.74) is 7.06. The summed E-state index contributed by atoms with van der Waals surface area (Å²) >= 11 is 0. The fourth-order valence-corrected chi connectivity index (χ4v) is 4.89. The number of morpholine rings is 1. The Morgan fingerprint density at radius 3 is 2.66 bits per heavy atom. The minimum absolute atomic E-state index is 0.194. The number of rotatable bonds is 5. The van der Waals surface area contributed by atoms with E-state index in [4.69, 9.17) is 4.74 Å². The van der Waals surface area contributed by atoms with Crippen LogP contribution in [0.1, 0.15) is 25.0 Å². The largest absolute Gasteiger partial charge is 0.377 e. The van der Waals surface area contributed by atoms with Gasteiger partial charge in [0, 0.05) is 56.0 Å². The van der Waals surface area contributed by atoms with Gasteiger partial charge in [-0.15, -0.1) is 0 Å². The lowest BCUT2D eigenvalue weighted by molar-refractivity contribution is 0.0988. The first kappa shape index (κ1) is 23.1. The minimum Gasteiger partial charge on any atom is -0.377 e. The highest BCUT2D eigenvalue weighted by atomic mass is 16.5. The van der Waals surface area contributed by atoms with Gasteiger partial charge in [0.1, 0.15) is 0 Å². The average molecular weight is 473 g/mol. The SMILES string of the molecule is CCNC(=O)Nc1ccc(-c2cc3c(c(N4CCOC[C@@H]4C)c2)CCN(c2ncccn2)C3)cc1. The molecule has 0 unspecified atom stereocenters. The van der Waals surface area contributed by atoms with Gasteiger partial charge >= 0.3 is 6.03 Å². The van der Waals surface area contributed by atoms with E-state index in [1.54, 1.807) is 12.4 Å².